The number of nitro groups is 1. The van der Waals surface area contributed by atoms with E-state index in [2.05, 4.69) is 10.3 Å². The van der Waals surface area contributed by atoms with Crippen molar-refractivity contribution in [3.8, 4) is 5.69 Å². The van der Waals surface area contributed by atoms with Gasteiger partial charge < -0.3 is 9.47 Å². The van der Waals surface area contributed by atoms with Crippen LogP contribution >= 0.6 is 0 Å². The molecule has 0 N–H and O–H groups in total. The quantitative estimate of drug-likeness (QED) is 0.317. The summed E-state index contributed by atoms with van der Waals surface area (Å²) in [4.78, 5) is 22.1. The lowest BCUT2D eigenvalue weighted by atomic mass is 10.2. The standard InChI is InChI=1S/C14H16N4O5/c1-3-22-14(23-4-2)13-12(9-19)17(16-15-13)10-7-5-6-8-11(10)18(20)21/h5-9,14H,3-4H2,1-2H3. The van der Waals surface area contributed by atoms with Gasteiger partial charge in [0, 0.05) is 19.3 Å². The molecular formula is C14H16N4O5. The third-order valence-corrected chi connectivity index (χ3v) is 3.01. The second-order valence-corrected chi connectivity index (χ2v) is 4.38. The molecule has 0 radical (unpaired) electrons. The summed E-state index contributed by atoms with van der Waals surface area (Å²) in [6.45, 7) is 4.25. The van der Waals surface area contributed by atoms with E-state index < -0.39 is 11.2 Å². The highest BCUT2D eigenvalue weighted by Crippen LogP contribution is 2.26. The van der Waals surface area contributed by atoms with Crippen molar-refractivity contribution in [3.63, 3.8) is 0 Å². The van der Waals surface area contributed by atoms with Crippen molar-refractivity contribution in [2.75, 3.05) is 13.2 Å². The molecule has 0 aliphatic heterocycles. The van der Waals surface area contributed by atoms with Crippen molar-refractivity contribution < 1.29 is 19.2 Å². The number of aldehydes is 1. The summed E-state index contributed by atoms with van der Waals surface area (Å²) in [5.74, 6) is 0. The van der Waals surface area contributed by atoms with E-state index in [0.29, 0.717) is 19.5 Å². The first-order chi connectivity index (χ1) is 11.1. The van der Waals surface area contributed by atoms with Gasteiger partial charge in [0.05, 0.1) is 4.92 Å². The zero-order valence-corrected chi connectivity index (χ0v) is 12.7. The van der Waals surface area contributed by atoms with Crippen LogP contribution in [0.4, 0.5) is 5.69 Å². The van der Waals surface area contributed by atoms with Crippen LogP contribution in [0.2, 0.25) is 0 Å². The molecule has 1 heterocycles. The number of benzene rings is 1. The molecule has 1 aromatic carbocycles. The average molecular weight is 320 g/mol. The maximum absolute atomic E-state index is 11.5. The maximum atomic E-state index is 11.5. The van der Waals surface area contributed by atoms with Gasteiger partial charge in [-0.3, -0.25) is 14.9 Å². The van der Waals surface area contributed by atoms with E-state index in [1.54, 1.807) is 19.9 Å². The van der Waals surface area contributed by atoms with Crippen molar-refractivity contribution in [1.29, 1.82) is 0 Å². The predicted octanol–water partition coefficient (Wildman–Crippen LogP) is 2.06. The van der Waals surface area contributed by atoms with Gasteiger partial charge in [-0.05, 0) is 19.9 Å². The van der Waals surface area contributed by atoms with Crippen LogP contribution in [-0.4, -0.2) is 39.4 Å². The van der Waals surface area contributed by atoms with Crippen LogP contribution in [0.1, 0.15) is 36.3 Å². The predicted molar refractivity (Wildman–Crippen MR) is 79.4 cm³/mol. The topological polar surface area (TPSA) is 109 Å². The Bertz CT molecular complexity index is 694. The molecule has 0 unspecified atom stereocenters. The smallest absolute Gasteiger partial charge is 0.294 e. The van der Waals surface area contributed by atoms with Crippen LogP contribution in [0.25, 0.3) is 5.69 Å². The number of ether oxygens (including phenoxy) is 2. The molecule has 0 aliphatic rings. The Labute approximate surface area is 132 Å². The molecule has 1 aromatic heterocycles. The Kier molecular flexibility index (Phi) is 5.50. The number of hydrogen-bond donors (Lipinski definition) is 0. The lowest BCUT2D eigenvalue weighted by Crippen LogP contribution is -2.12. The fourth-order valence-corrected chi connectivity index (χ4v) is 2.06. The molecule has 0 aliphatic carbocycles. The highest BCUT2D eigenvalue weighted by molar-refractivity contribution is 5.75. The summed E-state index contributed by atoms with van der Waals surface area (Å²) in [6.07, 6.45) is -0.335. The molecule has 122 valence electrons. The number of aromatic nitrogens is 3. The first-order valence-corrected chi connectivity index (χ1v) is 7.01. The summed E-state index contributed by atoms with van der Waals surface area (Å²) in [6, 6.07) is 5.96. The first-order valence-electron chi connectivity index (χ1n) is 7.01. The van der Waals surface area contributed by atoms with E-state index in [9.17, 15) is 14.9 Å². The van der Waals surface area contributed by atoms with E-state index in [-0.39, 0.29) is 22.8 Å². The second-order valence-electron chi connectivity index (χ2n) is 4.38. The number of rotatable bonds is 8. The fraction of sp³-hybridized carbons (Fsp3) is 0.357. The van der Waals surface area contributed by atoms with Crippen LogP contribution in [0, 0.1) is 10.1 Å². The highest BCUT2D eigenvalue weighted by Gasteiger charge is 2.26. The molecule has 0 amide bonds. The van der Waals surface area contributed by atoms with Gasteiger partial charge in [0.15, 0.2) is 6.29 Å². The van der Waals surface area contributed by atoms with Crippen LogP contribution in [-0.2, 0) is 9.47 Å². The largest absolute Gasteiger partial charge is 0.347 e. The van der Waals surface area contributed by atoms with Gasteiger partial charge in [0.1, 0.15) is 17.1 Å². The summed E-state index contributed by atoms with van der Waals surface area (Å²) in [5.41, 5.74) is 0.189. The molecule has 9 nitrogen and oxygen atoms in total. The van der Waals surface area contributed by atoms with Gasteiger partial charge in [-0.1, -0.05) is 17.3 Å². The zero-order chi connectivity index (χ0) is 16.8. The lowest BCUT2D eigenvalue weighted by Gasteiger charge is -2.14. The minimum absolute atomic E-state index is 0.0474. The Morgan fingerprint density at radius 3 is 2.52 bits per heavy atom. The summed E-state index contributed by atoms with van der Waals surface area (Å²) >= 11 is 0. The van der Waals surface area contributed by atoms with Gasteiger partial charge >= 0.3 is 0 Å². The van der Waals surface area contributed by atoms with E-state index in [4.69, 9.17) is 9.47 Å². The van der Waals surface area contributed by atoms with Gasteiger partial charge in [-0.25, -0.2) is 4.68 Å². The Morgan fingerprint density at radius 1 is 1.30 bits per heavy atom. The van der Waals surface area contributed by atoms with Crippen molar-refractivity contribution >= 4 is 12.0 Å². The van der Waals surface area contributed by atoms with E-state index >= 15 is 0 Å². The third kappa shape index (κ3) is 3.41. The SMILES string of the molecule is CCOC(OCC)c1nnn(-c2ccccc2[N+](=O)[O-])c1C=O. The van der Waals surface area contributed by atoms with E-state index in [1.165, 1.54) is 18.2 Å². The first kappa shape index (κ1) is 16.7. The highest BCUT2D eigenvalue weighted by atomic mass is 16.7. The Hall–Kier alpha value is -2.65. The van der Waals surface area contributed by atoms with Crippen LogP contribution < -0.4 is 0 Å². The number of para-hydroxylation sites is 2. The van der Waals surface area contributed by atoms with Crippen LogP contribution in [0.15, 0.2) is 24.3 Å². The number of nitrogens with zero attached hydrogens (tertiary/aromatic N) is 4. The van der Waals surface area contributed by atoms with Crippen molar-refractivity contribution in [2.45, 2.75) is 20.1 Å². The molecule has 0 spiro atoms. The molecule has 0 saturated carbocycles. The average Bonchev–Trinajstić information content (AvgIpc) is 2.98. The van der Waals surface area contributed by atoms with E-state index in [0.717, 1.165) is 4.68 Å². The molecular weight excluding hydrogens is 304 g/mol. The third-order valence-electron chi connectivity index (χ3n) is 3.01. The normalized spacial score (nSPS) is 10.9. The molecule has 0 saturated heterocycles. The minimum atomic E-state index is -0.860. The summed E-state index contributed by atoms with van der Waals surface area (Å²) in [7, 11) is 0. The van der Waals surface area contributed by atoms with Gasteiger partial charge in [0.2, 0.25) is 6.29 Å². The van der Waals surface area contributed by atoms with E-state index in [1.807, 2.05) is 0 Å². The number of nitro benzene ring substituents is 1. The molecule has 2 rings (SSSR count). The van der Waals surface area contributed by atoms with Gasteiger partial charge in [0.25, 0.3) is 5.69 Å². The minimum Gasteiger partial charge on any atom is -0.347 e. The summed E-state index contributed by atoms with van der Waals surface area (Å²) < 4.78 is 11.9. The zero-order valence-electron chi connectivity index (χ0n) is 12.7. The monoisotopic (exact) mass is 320 g/mol. The van der Waals surface area contributed by atoms with Crippen molar-refractivity contribution in [3.05, 3.63) is 45.8 Å². The molecule has 9 heteroatoms. The number of carbonyl (C=O) groups excluding carboxylic acids is 1. The van der Waals surface area contributed by atoms with Gasteiger partial charge in [-0.15, -0.1) is 5.10 Å². The lowest BCUT2D eigenvalue weighted by molar-refractivity contribution is -0.384. The molecule has 0 bridgehead atoms. The summed E-state index contributed by atoms with van der Waals surface area (Å²) in [5, 5.41) is 18.9. The van der Waals surface area contributed by atoms with Crippen LogP contribution in [0.3, 0.4) is 0 Å². The number of hydrogen-bond acceptors (Lipinski definition) is 7. The molecule has 23 heavy (non-hydrogen) atoms. The fourth-order valence-electron chi connectivity index (χ4n) is 2.06. The maximum Gasteiger partial charge on any atom is 0.294 e. The second kappa shape index (κ2) is 7.56. The van der Waals surface area contributed by atoms with Crippen molar-refractivity contribution in [2.24, 2.45) is 0 Å². The van der Waals surface area contributed by atoms with Gasteiger partial charge in [-0.2, -0.15) is 0 Å². The van der Waals surface area contributed by atoms with Crippen molar-refractivity contribution in [1.82, 2.24) is 15.0 Å². The molecule has 0 fully saturated rings. The Balaban J connectivity index is 2.54. The number of carbonyl (C=O) groups is 1. The van der Waals surface area contributed by atoms with Crippen LogP contribution in [0.5, 0.6) is 0 Å². The molecule has 2 aromatic rings. The molecule has 0 atom stereocenters. The Morgan fingerprint density at radius 2 is 1.96 bits per heavy atom.